The van der Waals surface area contributed by atoms with E-state index in [-0.39, 0.29) is 5.41 Å². The molecular formula is C16H17N3. The van der Waals surface area contributed by atoms with E-state index in [2.05, 4.69) is 54.6 Å². The van der Waals surface area contributed by atoms with Crippen LogP contribution in [0, 0.1) is 0 Å². The highest BCUT2D eigenvalue weighted by molar-refractivity contribution is 5.77. The Morgan fingerprint density at radius 2 is 1.74 bits per heavy atom. The van der Waals surface area contributed by atoms with Gasteiger partial charge < -0.3 is 0 Å². The van der Waals surface area contributed by atoms with Gasteiger partial charge in [-0.1, -0.05) is 39.0 Å². The molecule has 0 saturated carbocycles. The lowest BCUT2D eigenvalue weighted by Gasteiger charge is -2.20. The first-order valence-electron chi connectivity index (χ1n) is 6.46. The van der Waals surface area contributed by atoms with E-state index in [9.17, 15) is 0 Å². The molecule has 0 radical (unpaired) electrons. The van der Waals surface area contributed by atoms with Crippen LogP contribution in [0.1, 0.15) is 26.6 Å². The molecular weight excluding hydrogens is 234 g/mol. The minimum Gasteiger partial charge on any atom is -0.296 e. The first-order chi connectivity index (χ1) is 9.07. The van der Waals surface area contributed by atoms with E-state index in [0.29, 0.717) is 0 Å². The highest BCUT2D eigenvalue weighted by Gasteiger charge is 2.23. The van der Waals surface area contributed by atoms with Crippen LogP contribution in [0.5, 0.6) is 0 Å². The molecule has 0 atom stereocenters. The van der Waals surface area contributed by atoms with Crippen LogP contribution in [0.15, 0.2) is 48.8 Å². The van der Waals surface area contributed by atoms with Crippen LogP contribution in [-0.2, 0) is 5.41 Å². The minimum atomic E-state index is -0.0190. The van der Waals surface area contributed by atoms with Gasteiger partial charge in [-0.25, -0.2) is 4.98 Å². The van der Waals surface area contributed by atoms with E-state index in [0.717, 1.165) is 22.5 Å². The Morgan fingerprint density at radius 3 is 2.42 bits per heavy atom. The zero-order valence-corrected chi connectivity index (χ0v) is 11.5. The summed E-state index contributed by atoms with van der Waals surface area (Å²) in [6.45, 7) is 6.54. The second-order valence-electron chi connectivity index (χ2n) is 5.72. The highest BCUT2D eigenvalue weighted by Crippen LogP contribution is 2.28. The monoisotopic (exact) mass is 251 g/mol. The summed E-state index contributed by atoms with van der Waals surface area (Å²) in [7, 11) is 0. The molecule has 96 valence electrons. The number of rotatable bonds is 1. The van der Waals surface area contributed by atoms with Gasteiger partial charge in [-0.3, -0.25) is 9.55 Å². The average molecular weight is 251 g/mol. The van der Waals surface area contributed by atoms with Crippen molar-refractivity contribution in [1.29, 1.82) is 0 Å². The van der Waals surface area contributed by atoms with Crippen molar-refractivity contribution in [1.82, 2.24) is 14.5 Å². The quantitative estimate of drug-likeness (QED) is 0.660. The van der Waals surface area contributed by atoms with Gasteiger partial charge in [0, 0.05) is 17.3 Å². The number of para-hydroxylation sites is 1. The Bertz CT molecular complexity index is 706. The number of hydrogen-bond donors (Lipinski definition) is 0. The van der Waals surface area contributed by atoms with Crippen LogP contribution < -0.4 is 0 Å². The van der Waals surface area contributed by atoms with Crippen molar-refractivity contribution in [3.05, 3.63) is 54.6 Å². The van der Waals surface area contributed by atoms with Crippen molar-refractivity contribution in [3.63, 3.8) is 0 Å². The van der Waals surface area contributed by atoms with Gasteiger partial charge >= 0.3 is 0 Å². The molecule has 0 spiro atoms. The van der Waals surface area contributed by atoms with Gasteiger partial charge in [0.1, 0.15) is 11.3 Å². The maximum Gasteiger partial charge on any atom is 0.119 e. The molecule has 2 heterocycles. The number of hydrogen-bond acceptors (Lipinski definition) is 2. The van der Waals surface area contributed by atoms with Gasteiger partial charge in [-0.15, -0.1) is 0 Å². The molecule has 3 rings (SSSR count). The molecule has 0 aliphatic carbocycles. The minimum absolute atomic E-state index is 0.0190. The van der Waals surface area contributed by atoms with Crippen molar-refractivity contribution in [2.45, 2.75) is 26.2 Å². The zero-order chi connectivity index (χ0) is 13.5. The number of aromatic nitrogens is 3. The van der Waals surface area contributed by atoms with E-state index in [1.165, 1.54) is 0 Å². The van der Waals surface area contributed by atoms with Crippen molar-refractivity contribution in [2.24, 2.45) is 0 Å². The Labute approximate surface area is 112 Å². The maximum atomic E-state index is 4.76. The van der Waals surface area contributed by atoms with Gasteiger partial charge in [0.15, 0.2) is 0 Å². The molecule has 0 bridgehead atoms. The lowest BCUT2D eigenvalue weighted by molar-refractivity contribution is 0.539. The normalized spacial score (nSPS) is 11.9. The fourth-order valence-electron chi connectivity index (χ4n) is 2.27. The van der Waals surface area contributed by atoms with Crippen LogP contribution >= 0.6 is 0 Å². The van der Waals surface area contributed by atoms with Crippen molar-refractivity contribution in [3.8, 4) is 5.69 Å². The Hall–Kier alpha value is -2.16. The SMILES string of the molecule is CC(C)(C)c1nc2cnccc2n1-c1ccccc1. The largest absolute Gasteiger partial charge is 0.296 e. The first-order valence-corrected chi connectivity index (χ1v) is 6.46. The molecule has 0 aliphatic rings. The molecule has 2 aromatic heterocycles. The summed E-state index contributed by atoms with van der Waals surface area (Å²) in [6, 6.07) is 12.4. The standard InChI is InChI=1S/C16H17N3/c1-16(2,3)15-18-13-11-17-10-9-14(13)19(15)12-7-5-4-6-8-12/h4-11H,1-3H3. The lowest BCUT2D eigenvalue weighted by atomic mass is 9.95. The Morgan fingerprint density at radius 1 is 1.00 bits per heavy atom. The number of fused-ring (bicyclic) bond motifs is 1. The molecule has 0 aliphatic heterocycles. The smallest absolute Gasteiger partial charge is 0.119 e. The van der Waals surface area contributed by atoms with E-state index in [1.54, 1.807) is 0 Å². The fourth-order valence-corrected chi connectivity index (χ4v) is 2.27. The predicted molar refractivity (Wildman–Crippen MR) is 77.6 cm³/mol. The number of imidazole rings is 1. The van der Waals surface area contributed by atoms with Crippen LogP contribution in [0.25, 0.3) is 16.7 Å². The summed E-state index contributed by atoms with van der Waals surface area (Å²) in [5, 5.41) is 0. The summed E-state index contributed by atoms with van der Waals surface area (Å²) >= 11 is 0. The highest BCUT2D eigenvalue weighted by atomic mass is 15.1. The fraction of sp³-hybridized carbons (Fsp3) is 0.250. The third-order valence-electron chi connectivity index (χ3n) is 3.14. The average Bonchev–Trinajstić information content (AvgIpc) is 2.79. The number of pyridine rings is 1. The number of nitrogens with zero attached hydrogens (tertiary/aromatic N) is 3. The van der Waals surface area contributed by atoms with Gasteiger partial charge in [0.05, 0.1) is 11.7 Å². The molecule has 0 fully saturated rings. The zero-order valence-electron chi connectivity index (χ0n) is 11.5. The molecule has 19 heavy (non-hydrogen) atoms. The summed E-state index contributed by atoms with van der Waals surface area (Å²) < 4.78 is 2.22. The van der Waals surface area contributed by atoms with Gasteiger partial charge in [-0.2, -0.15) is 0 Å². The molecule has 1 aromatic carbocycles. The third-order valence-corrected chi connectivity index (χ3v) is 3.14. The van der Waals surface area contributed by atoms with Crippen molar-refractivity contribution < 1.29 is 0 Å². The topological polar surface area (TPSA) is 30.7 Å². The molecule has 3 nitrogen and oxygen atoms in total. The predicted octanol–water partition coefficient (Wildman–Crippen LogP) is 3.72. The number of benzene rings is 1. The molecule has 0 N–H and O–H groups in total. The first kappa shape index (κ1) is 11.9. The second kappa shape index (κ2) is 4.19. The summed E-state index contributed by atoms with van der Waals surface area (Å²) in [5.74, 6) is 1.06. The summed E-state index contributed by atoms with van der Waals surface area (Å²) in [4.78, 5) is 8.93. The van der Waals surface area contributed by atoms with Gasteiger partial charge in [-0.05, 0) is 18.2 Å². The Balaban J connectivity index is 2.38. The summed E-state index contributed by atoms with van der Waals surface area (Å²) in [6.07, 6.45) is 3.64. The van der Waals surface area contributed by atoms with Gasteiger partial charge in [0.25, 0.3) is 0 Å². The van der Waals surface area contributed by atoms with Crippen LogP contribution in [0.2, 0.25) is 0 Å². The molecule has 0 unspecified atom stereocenters. The summed E-state index contributed by atoms with van der Waals surface area (Å²) in [5.41, 5.74) is 3.16. The molecule has 3 aromatic rings. The van der Waals surface area contributed by atoms with E-state index < -0.39 is 0 Å². The van der Waals surface area contributed by atoms with Crippen molar-refractivity contribution >= 4 is 11.0 Å². The van der Waals surface area contributed by atoms with Crippen molar-refractivity contribution in [2.75, 3.05) is 0 Å². The second-order valence-corrected chi connectivity index (χ2v) is 5.72. The van der Waals surface area contributed by atoms with Crippen LogP contribution in [-0.4, -0.2) is 14.5 Å². The van der Waals surface area contributed by atoms with E-state index >= 15 is 0 Å². The molecule has 0 amide bonds. The third kappa shape index (κ3) is 2.01. The van der Waals surface area contributed by atoms with Gasteiger partial charge in [0.2, 0.25) is 0 Å². The van der Waals surface area contributed by atoms with E-state index in [4.69, 9.17) is 4.98 Å². The maximum absolute atomic E-state index is 4.76. The lowest BCUT2D eigenvalue weighted by Crippen LogP contribution is -2.18. The van der Waals surface area contributed by atoms with Crippen LogP contribution in [0.3, 0.4) is 0 Å². The molecule has 0 saturated heterocycles. The Kier molecular flexibility index (Phi) is 2.63. The van der Waals surface area contributed by atoms with Crippen LogP contribution in [0.4, 0.5) is 0 Å². The molecule has 3 heteroatoms. The van der Waals surface area contributed by atoms with E-state index in [1.807, 2.05) is 24.5 Å².